The van der Waals surface area contributed by atoms with Crippen LogP contribution in [0.5, 0.6) is 0 Å². The summed E-state index contributed by atoms with van der Waals surface area (Å²) in [4.78, 5) is 0. The van der Waals surface area contributed by atoms with Gasteiger partial charge in [0.15, 0.2) is 0 Å². The van der Waals surface area contributed by atoms with E-state index in [1.54, 1.807) is 0 Å². The normalized spacial score (nSPS) is 14.5. The van der Waals surface area contributed by atoms with Crippen LogP contribution in [0.25, 0.3) is 0 Å². The lowest BCUT2D eigenvalue weighted by molar-refractivity contribution is 0.263. The van der Waals surface area contributed by atoms with Crippen LogP contribution in [0.3, 0.4) is 0 Å². The Morgan fingerprint density at radius 3 is 2.39 bits per heavy atom. The van der Waals surface area contributed by atoms with E-state index in [0.29, 0.717) is 11.8 Å². The Balaban J connectivity index is 4.34. The molecule has 0 aromatic rings. The SMILES string of the molecule is C=C(C)C=CC(CCCO)C(C)CCC=C(C)C. The first-order valence-corrected chi connectivity index (χ1v) is 7.05. The zero-order chi connectivity index (χ0) is 14.0. The molecule has 1 nitrogen and oxygen atoms in total. The van der Waals surface area contributed by atoms with Gasteiger partial charge in [-0.05, 0) is 58.3 Å². The number of rotatable bonds is 9. The molecule has 0 aromatic carbocycles. The summed E-state index contributed by atoms with van der Waals surface area (Å²) in [5, 5.41) is 8.97. The number of aliphatic hydroxyl groups is 1. The minimum Gasteiger partial charge on any atom is -0.396 e. The van der Waals surface area contributed by atoms with Gasteiger partial charge in [0.2, 0.25) is 0 Å². The molecule has 1 heteroatoms. The van der Waals surface area contributed by atoms with Gasteiger partial charge >= 0.3 is 0 Å². The van der Waals surface area contributed by atoms with Gasteiger partial charge in [-0.25, -0.2) is 0 Å². The van der Waals surface area contributed by atoms with E-state index >= 15 is 0 Å². The smallest absolute Gasteiger partial charge is 0.0431 e. The van der Waals surface area contributed by atoms with E-state index in [1.807, 2.05) is 6.92 Å². The molecule has 0 aromatic heterocycles. The van der Waals surface area contributed by atoms with Crippen molar-refractivity contribution in [3.05, 3.63) is 36.0 Å². The van der Waals surface area contributed by atoms with Crippen LogP contribution in [-0.2, 0) is 0 Å². The van der Waals surface area contributed by atoms with Crippen LogP contribution in [0, 0.1) is 11.8 Å². The Labute approximate surface area is 113 Å². The summed E-state index contributed by atoms with van der Waals surface area (Å²) in [6, 6.07) is 0. The second kappa shape index (κ2) is 10.1. The van der Waals surface area contributed by atoms with E-state index in [1.165, 1.54) is 12.0 Å². The second-order valence-electron chi connectivity index (χ2n) is 5.57. The molecule has 2 unspecified atom stereocenters. The summed E-state index contributed by atoms with van der Waals surface area (Å²) in [5.74, 6) is 1.21. The molecule has 0 aliphatic heterocycles. The maximum absolute atomic E-state index is 8.97. The summed E-state index contributed by atoms with van der Waals surface area (Å²) in [6.07, 6.45) is 11.0. The maximum atomic E-state index is 8.97. The Kier molecular flexibility index (Phi) is 9.67. The number of hydrogen-bond acceptors (Lipinski definition) is 1. The predicted molar refractivity (Wildman–Crippen MR) is 81.6 cm³/mol. The monoisotopic (exact) mass is 250 g/mol. The molecule has 0 fully saturated rings. The minimum atomic E-state index is 0.290. The molecule has 0 amide bonds. The lowest BCUT2D eigenvalue weighted by Gasteiger charge is -2.20. The molecule has 0 aliphatic carbocycles. The zero-order valence-electron chi connectivity index (χ0n) is 12.6. The molecule has 0 saturated carbocycles. The second-order valence-corrected chi connectivity index (χ2v) is 5.57. The third-order valence-corrected chi connectivity index (χ3v) is 3.23. The van der Waals surface area contributed by atoms with Crippen molar-refractivity contribution in [1.29, 1.82) is 0 Å². The largest absolute Gasteiger partial charge is 0.396 e. The van der Waals surface area contributed by atoms with Gasteiger partial charge < -0.3 is 5.11 Å². The van der Waals surface area contributed by atoms with Crippen molar-refractivity contribution in [2.24, 2.45) is 11.8 Å². The number of aliphatic hydroxyl groups excluding tert-OH is 1. The van der Waals surface area contributed by atoms with E-state index in [9.17, 15) is 0 Å². The van der Waals surface area contributed by atoms with E-state index in [4.69, 9.17) is 5.11 Å². The quantitative estimate of drug-likeness (QED) is 0.456. The van der Waals surface area contributed by atoms with Crippen molar-refractivity contribution in [1.82, 2.24) is 0 Å². The Morgan fingerprint density at radius 1 is 1.22 bits per heavy atom. The summed E-state index contributed by atoms with van der Waals surface area (Å²) in [6.45, 7) is 12.8. The molecule has 1 N–H and O–H groups in total. The number of hydrogen-bond donors (Lipinski definition) is 1. The molecule has 0 aliphatic rings. The highest BCUT2D eigenvalue weighted by atomic mass is 16.2. The van der Waals surface area contributed by atoms with Gasteiger partial charge in [0.25, 0.3) is 0 Å². The standard InChI is InChI=1S/C17H30O/c1-14(2)8-6-9-16(5)17(10-7-13-18)12-11-15(3)4/h8,11-12,16-18H,3,6-7,9-10,13H2,1-2,4-5H3. The van der Waals surface area contributed by atoms with Gasteiger partial charge in [-0.15, -0.1) is 0 Å². The Morgan fingerprint density at radius 2 is 1.89 bits per heavy atom. The minimum absolute atomic E-state index is 0.290. The fourth-order valence-electron chi connectivity index (χ4n) is 2.03. The van der Waals surface area contributed by atoms with Crippen LogP contribution >= 0.6 is 0 Å². The molecule has 0 heterocycles. The molecule has 0 saturated heterocycles. The third kappa shape index (κ3) is 9.23. The van der Waals surface area contributed by atoms with Gasteiger partial charge in [-0.2, -0.15) is 0 Å². The number of allylic oxidation sites excluding steroid dienone is 5. The predicted octanol–water partition coefficient (Wildman–Crippen LogP) is 4.89. The first kappa shape index (κ1) is 17.2. The zero-order valence-corrected chi connectivity index (χ0v) is 12.6. The molecule has 0 bridgehead atoms. The maximum Gasteiger partial charge on any atom is 0.0431 e. The molecule has 2 atom stereocenters. The van der Waals surface area contributed by atoms with Crippen LogP contribution in [0.4, 0.5) is 0 Å². The average Bonchev–Trinajstić information content (AvgIpc) is 2.28. The molecule has 0 radical (unpaired) electrons. The highest BCUT2D eigenvalue weighted by Gasteiger charge is 2.13. The molecule has 0 spiro atoms. The fourth-order valence-corrected chi connectivity index (χ4v) is 2.03. The first-order chi connectivity index (χ1) is 8.47. The van der Waals surface area contributed by atoms with Crippen molar-refractivity contribution in [3.8, 4) is 0 Å². The van der Waals surface area contributed by atoms with Gasteiger partial charge in [-0.3, -0.25) is 0 Å². The highest BCUT2D eigenvalue weighted by molar-refractivity contribution is 5.12. The highest BCUT2D eigenvalue weighted by Crippen LogP contribution is 2.24. The molecule has 104 valence electrons. The van der Waals surface area contributed by atoms with Crippen LogP contribution < -0.4 is 0 Å². The van der Waals surface area contributed by atoms with Gasteiger partial charge in [0.05, 0.1) is 0 Å². The van der Waals surface area contributed by atoms with Crippen molar-refractivity contribution in [3.63, 3.8) is 0 Å². The topological polar surface area (TPSA) is 20.2 Å². The lowest BCUT2D eigenvalue weighted by atomic mass is 9.86. The summed E-state index contributed by atoms with van der Waals surface area (Å²) >= 11 is 0. The average molecular weight is 250 g/mol. The van der Waals surface area contributed by atoms with Crippen LogP contribution in [0.15, 0.2) is 36.0 Å². The van der Waals surface area contributed by atoms with Gasteiger partial charge in [-0.1, -0.05) is 42.9 Å². The van der Waals surface area contributed by atoms with E-state index in [0.717, 1.165) is 24.8 Å². The van der Waals surface area contributed by atoms with Crippen LogP contribution in [-0.4, -0.2) is 11.7 Å². The third-order valence-electron chi connectivity index (χ3n) is 3.23. The van der Waals surface area contributed by atoms with Crippen molar-refractivity contribution in [2.75, 3.05) is 6.61 Å². The lowest BCUT2D eigenvalue weighted by Crippen LogP contribution is -2.10. The molecular formula is C17H30O. The van der Waals surface area contributed by atoms with Crippen LogP contribution in [0.2, 0.25) is 0 Å². The molecule has 0 rings (SSSR count). The van der Waals surface area contributed by atoms with Crippen molar-refractivity contribution < 1.29 is 5.11 Å². The molecule has 18 heavy (non-hydrogen) atoms. The fraction of sp³-hybridized carbons (Fsp3) is 0.647. The van der Waals surface area contributed by atoms with E-state index in [-0.39, 0.29) is 6.61 Å². The van der Waals surface area contributed by atoms with Crippen molar-refractivity contribution in [2.45, 2.75) is 53.4 Å². The summed E-state index contributed by atoms with van der Waals surface area (Å²) in [7, 11) is 0. The first-order valence-electron chi connectivity index (χ1n) is 7.05. The molecular weight excluding hydrogens is 220 g/mol. The summed E-state index contributed by atoms with van der Waals surface area (Å²) < 4.78 is 0. The Hall–Kier alpha value is -0.820. The van der Waals surface area contributed by atoms with Gasteiger partial charge in [0.1, 0.15) is 0 Å². The Bertz CT molecular complexity index is 282. The van der Waals surface area contributed by atoms with Gasteiger partial charge in [0, 0.05) is 6.61 Å². The van der Waals surface area contributed by atoms with E-state index in [2.05, 4.69) is 45.6 Å². The van der Waals surface area contributed by atoms with Crippen LogP contribution in [0.1, 0.15) is 53.4 Å². The van der Waals surface area contributed by atoms with E-state index < -0.39 is 0 Å². The summed E-state index contributed by atoms with van der Waals surface area (Å²) in [5.41, 5.74) is 2.49. The van der Waals surface area contributed by atoms with Crippen molar-refractivity contribution >= 4 is 0 Å².